The van der Waals surface area contributed by atoms with Gasteiger partial charge in [-0.1, -0.05) is 24.8 Å². The normalized spacial score (nSPS) is 12.7. The molecule has 4 aromatic rings. The van der Waals surface area contributed by atoms with Gasteiger partial charge >= 0.3 is 0 Å². The molecule has 1 amide bonds. The zero-order chi connectivity index (χ0) is 32.3. The first-order valence-electron chi connectivity index (χ1n) is 14.8. The van der Waals surface area contributed by atoms with E-state index >= 15 is 0 Å². The van der Waals surface area contributed by atoms with Gasteiger partial charge in [0.15, 0.2) is 0 Å². The molecule has 3 N–H and O–H groups in total. The molecule has 3 heterocycles. The summed E-state index contributed by atoms with van der Waals surface area (Å²) in [5, 5.41) is 7.13. The number of carbonyl (C=O) groups is 1. The van der Waals surface area contributed by atoms with E-state index in [-0.39, 0.29) is 23.3 Å². The van der Waals surface area contributed by atoms with Gasteiger partial charge < -0.3 is 29.7 Å². The van der Waals surface area contributed by atoms with Crippen LogP contribution in [0.3, 0.4) is 0 Å². The van der Waals surface area contributed by atoms with E-state index in [0.29, 0.717) is 29.4 Å². The van der Waals surface area contributed by atoms with Gasteiger partial charge in [-0.3, -0.25) is 9.52 Å². The molecule has 0 unspecified atom stereocenters. The third kappa shape index (κ3) is 6.89. The van der Waals surface area contributed by atoms with Gasteiger partial charge in [-0.15, -0.1) is 0 Å². The van der Waals surface area contributed by atoms with Crippen molar-refractivity contribution in [3.8, 4) is 17.0 Å². The largest absolute Gasteiger partial charge is 0.494 e. The average Bonchev–Trinajstić information content (AvgIpc) is 3.40. The Hall–Kier alpha value is -4.62. The monoisotopic (exact) mass is 632 g/mol. The second-order valence-corrected chi connectivity index (χ2v) is 13.2. The minimum Gasteiger partial charge on any atom is -0.494 e. The Morgan fingerprint density at radius 3 is 2.67 bits per heavy atom. The number of carbonyl (C=O) groups excluding carboxylic acids is 1. The van der Waals surface area contributed by atoms with Gasteiger partial charge in [-0.05, 0) is 51.6 Å². The molecule has 0 aliphatic carbocycles. The molecular weight excluding hydrogens is 592 g/mol. The first-order valence-corrected chi connectivity index (χ1v) is 16.5. The van der Waals surface area contributed by atoms with E-state index in [4.69, 9.17) is 9.72 Å². The van der Waals surface area contributed by atoms with Gasteiger partial charge in [0.2, 0.25) is 21.9 Å². The van der Waals surface area contributed by atoms with Crippen LogP contribution in [0.15, 0.2) is 55.4 Å². The Morgan fingerprint density at radius 1 is 1.16 bits per heavy atom. The van der Waals surface area contributed by atoms with Gasteiger partial charge in [-0.25, -0.2) is 18.4 Å². The maximum absolute atomic E-state index is 12.7. The summed E-state index contributed by atoms with van der Waals surface area (Å²) in [7, 11) is 3.90. The molecule has 45 heavy (non-hydrogen) atoms. The number of sulfonamides is 1. The van der Waals surface area contributed by atoms with Gasteiger partial charge in [0.1, 0.15) is 11.4 Å². The number of hydrogen-bond donors (Lipinski definition) is 3. The minimum absolute atomic E-state index is 0.0932. The van der Waals surface area contributed by atoms with Crippen LogP contribution < -0.4 is 25.0 Å². The predicted molar refractivity (Wildman–Crippen MR) is 181 cm³/mol. The van der Waals surface area contributed by atoms with E-state index in [0.717, 1.165) is 48.1 Å². The van der Waals surface area contributed by atoms with E-state index in [1.165, 1.54) is 17.8 Å². The van der Waals surface area contributed by atoms with E-state index in [2.05, 4.69) is 42.5 Å². The lowest BCUT2D eigenvalue weighted by molar-refractivity contribution is -0.111. The number of hydrogen-bond acceptors (Lipinski definition) is 9. The van der Waals surface area contributed by atoms with Crippen LogP contribution >= 0.6 is 0 Å². The fourth-order valence-corrected chi connectivity index (χ4v) is 6.06. The highest BCUT2D eigenvalue weighted by molar-refractivity contribution is 7.92. The third-order valence-electron chi connectivity index (χ3n) is 7.82. The van der Waals surface area contributed by atoms with Gasteiger partial charge in [-0.2, -0.15) is 0 Å². The number of anilines is 5. The number of benzene rings is 2. The molecule has 2 aromatic carbocycles. The number of ether oxygens (including phenoxy) is 1. The van der Waals surface area contributed by atoms with Crippen LogP contribution in [0.1, 0.15) is 18.9 Å². The van der Waals surface area contributed by atoms with Gasteiger partial charge in [0, 0.05) is 49.9 Å². The van der Waals surface area contributed by atoms with Crippen molar-refractivity contribution in [2.45, 2.75) is 26.3 Å². The number of amides is 1. The van der Waals surface area contributed by atoms with Crippen LogP contribution in [0.5, 0.6) is 5.75 Å². The lowest BCUT2D eigenvalue weighted by Gasteiger charge is -2.26. The van der Waals surface area contributed by atoms with E-state index in [1.807, 2.05) is 50.4 Å². The molecule has 0 atom stereocenters. The second-order valence-electron chi connectivity index (χ2n) is 11.2. The number of methoxy groups -OCH3 is 1. The van der Waals surface area contributed by atoms with Crippen molar-refractivity contribution < 1.29 is 17.9 Å². The Labute approximate surface area is 264 Å². The van der Waals surface area contributed by atoms with Crippen molar-refractivity contribution in [2.24, 2.45) is 0 Å². The molecule has 0 spiro atoms. The number of para-hydroxylation sites is 1. The zero-order valence-corrected chi connectivity index (χ0v) is 27.2. The van der Waals surface area contributed by atoms with E-state index in [1.54, 1.807) is 20.1 Å². The molecule has 2 aromatic heterocycles. The fourth-order valence-electron chi connectivity index (χ4n) is 5.43. The fraction of sp³-hybridized carbons (Fsp3) is 0.344. The molecule has 13 heteroatoms. The lowest BCUT2D eigenvalue weighted by atomic mass is 10.0. The maximum Gasteiger partial charge on any atom is 0.247 e. The highest BCUT2D eigenvalue weighted by Gasteiger charge is 2.23. The summed E-state index contributed by atoms with van der Waals surface area (Å²) < 4.78 is 36.0. The SMILES string of the molecule is C=CC(=O)Nc1cc(Nc2ncc(NS(=O)(=O)CC)c(-c3cn4c5c(cccc35)CCC4)n2)c(OC)cc1N(C)CCN(C)C. The number of nitrogens with zero attached hydrogens (tertiary/aromatic N) is 5. The van der Waals surface area contributed by atoms with Crippen molar-refractivity contribution >= 4 is 55.5 Å². The molecular formula is C32H40N8O4S. The van der Waals surface area contributed by atoms with Crippen LogP contribution in [-0.2, 0) is 27.8 Å². The number of rotatable bonds is 13. The molecule has 0 saturated heterocycles. The number of nitrogens with one attached hydrogen (secondary N) is 3. The van der Waals surface area contributed by atoms with E-state index in [9.17, 15) is 13.2 Å². The highest BCUT2D eigenvalue weighted by atomic mass is 32.2. The molecule has 1 aliphatic heterocycles. The van der Waals surface area contributed by atoms with Crippen LogP contribution in [0.25, 0.3) is 22.2 Å². The second kappa shape index (κ2) is 13.2. The van der Waals surface area contributed by atoms with Crippen LogP contribution in [0, 0.1) is 0 Å². The van der Waals surface area contributed by atoms with Gasteiger partial charge in [0.25, 0.3) is 0 Å². The van der Waals surface area contributed by atoms with Crippen molar-refractivity contribution in [3.63, 3.8) is 0 Å². The first kappa shape index (κ1) is 31.8. The molecule has 0 bridgehead atoms. The predicted octanol–water partition coefficient (Wildman–Crippen LogP) is 4.68. The molecule has 0 saturated carbocycles. The highest BCUT2D eigenvalue weighted by Crippen LogP contribution is 2.40. The molecule has 0 fully saturated rings. The van der Waals surface area contributed by atoms with Crippen LogP contribution in [0.4, 0.5) is 28.7 Å². The molecule has 0 radical (unpaired) electrons. The third-order valence-corrected chi connectivity index (χ3v) is 9.11. The lowest BCUT2D eigenvalue weighted by Crippen LogP contribution is -2.29. The number of aryl methyl sites for hydroxylation is 2. The quantitative estimate of drug-likeness (QED) is 0.180. The number of aromatic nitrogens is 3. The molecule has 12 nitrogen and oxygen atoms in total. The van der Waals surface area contributed by atoms with Crippen molar-refractivity contribution in [2.75, 3.05) is 67.4 Å². The summed E-state index contributed by atoms with van der Waals surface area (Å²) in [5.41, 5.74) is 5.74. The Kier molecular flexibility index (Phi) is 9.30. The standard InChI is InChI=1S/C32H40N8O4S/c1-7-29(41)34-24-17-25(28(44-6)18-27(24)39(5)16-15-38(3)4)35-32-33-19-26(37-45(42,43)8-2)30(36-32)23-20-40-14-10-12-21-11-9-13-22(23)31(21)40/h7,9,11,13,17-20,37H,1,8,10,12,14-16H2,2-6H3,(H,34,41)(H,33,35,36). The molecule has 5 rings (SSSR count). The topological polar surface area (TPSA) is 134 Å². The molecule has 1 aliphatic rings. The van der Waals surface area contributed by atoms with Crippen LogP contribution in [0.2, 0.25) is 0 Å². The van der Waals surface area contributed by atoms with Gasteiger partial charge in [0.05, 0.1) is 47.3 Å². The van der Waals surface area contributed by atoms with Crippen molar-refractivity contribution in [3.05, 3.63) is 60.9 Å². The Bertz CT molecular complexity index is 1850. The summed E-state index contributed by atoms with van der Waals surface area (Å²) >= 11 is 0. The Morgan fingerprint density at radius 2 is 1.96 bits per heavy atom. The average molecular weight is 633 g/mol. The zero-order valence-electron chi connectivity index (χ0n) is 26.3. The van der Waals surface area contributed by atoms with Crippen LogP contribution in [-0.4, -0.2) is 80.9 Å². The first-order chi connectivity index (χ1) is 21.5. The summed E-state index contributed by atoms with van der Waals surface area (Å²) in [6, 6.07) is 9.79. The number of likely N-dealkylation sites (N-methyl/N-ethyl adjacent to an activating group) is 2. The minimum atomic E-state index is -3.61. The van der Waals surface area contributed by atoms with Crippen molar-refractivity contribution in [1.82, 2.24) is 19.4 Å². The molecule has 238 valence electrons. The van der Waals surface area contributed by atoms with Crippen molar-refractivity contribution in [1.29, 1.82) is 0 Å². The smallest absolute Gasteiger partial charge is 0.247 e. The van der Waals surface area contributed by atoms with E-state index < -0.39 is 10.0 Å². The maximum atomic E-state index is 12.7. The summed E-state index contributed by atoms with van der Waals surface area (Å²) in [5.74, 6) is 0.285. The Balaban J connectivity index is 1.61. The summed E-state index contributed by atoms with van der Waals surface area (Å²) in [4.78, 5) is 25.8. The summed E-state index contributed by atoms with van der Waals surface area (Å²) in [6.07, 6.45) is 6.73. The summed E-state index contributed by atoms with van der Waals surface area (Å²) in [6.45, 7) is 7.54.